The normalized spacial score (nSPS) is 13.9. The van der Waals surface area contributed by atoms with Gasteiger partial charge < -0.3 is 27.4 Å². The van der Waals surface area contributed by atoms with Gasteiger partial charge in [0.15, 0.2) is 0 Å². The van der Waals surface area contributed by atoms with Crippen LogP contribution in [0.5, 0.6) is 0 Å². The lowest BCUT2D eigenvalue weighted by Crippen LogP contribution is -2.25. The zero-order valence-corrected chi connectivity index (χ0v) is 67.6. The zero-order valence-electron chi connectivity index (χ0n) is 64.9. The minimum absolute atomic E-state index is 1.02. The van der Waals surface area contributed by atoms with Crippen molar-refractivity contribution in [3.63, 3.8) is 0 Å². The van der Waals surface area contributed by atoms with Crippen molar-refractivity contribution < 1.29 is 0 Å². The molecule has 18 aromatic carbocycles. The molecule has 0 saturated carbocycles. The molecule has 0 spiro atoms. The molecule has 564 valence electrons. The summed E-state index contributed by atoms with van der Waals surface area (Å²) < 4.78 is 35.8. The third-order valence-electron chi connectivity index (χ3n) is 25.1. The monoisotopic (exact) mass is 1590 g/mol. The average Bonchev–Trinajstić information content (AvgIpc) is 1.18. The Balaban J connectivity index is 0.831. The molecule has 0 bridgehead atoms. The minimum Gasteiger partial charge on any atom is -0.309 e. The van der Waals surface area contributed by atoms with Crippen LogP contribution in [-0.2, 0) is 0 Å². The Bertz CT molecular complexity index is 6930. The topological polar surface area (TPSA) is 66.7 Å². The molecule has 9 nitrogen and oxygen atoms in total. The van der Waals surface area contributed by atoms with E-state index in [1.165, 1.54) is 64.6 Å². The highest BCUT2D eigenvalue weighted by Crippen LogP contribution is 2.76. The molecule has 7 heterocycles. The maximum Gasteiger partial charge on any atom is 0.138 e. The molecule has 0 aliphatic carbocycles. The Kier molecular flexibility index (Phi) is 15.3. The lowest BCUT2D eigenvalue weighted by Gasteiger charge is -2.38. The summed E-state index contributed by atoms with van der Waals surface area (Å²) in [5.74, 6) is 0. The number of hydrogen-bond donors (Lipinski definition) is 0. The van der Waals surface area contributed by atoms with Crippen LogP contribution in [0.25, 0.3) is 165 Å². The molecule has 0 radical (unpaired) electrons. The van der Waals surface area contributed by atoms with Gasteiger partial charge in [0.25, 0.3) is 0 Å². The molecule has 1 aliphatic heterocycles. The lowest BCUT2D eigenvalue weighted by atomic mass is 10.2. The van der Waals surface area contributed by atoms with E-state index >= 15 is 0 Å². The van der Waals surface area contributed by atoms with Gasteiger partial charge in [-0.25, -0.2) is 13.5 Å². The van der Waals surface area contributed by atoms with Gasteiger partial charge in [0.2, 0.25) is 0 Å². The quantitative estimate of drug-likeness (QED) is 0.109. The first-order valence-corrected chi connectivity index (χ1v) is 46.0. The Hall–Kier alpha value is -14.6. The fraction of sp³-hybridized carbons (Fsp3) is 0. The molecule has 0 amide bonds. The van der Waals surface area contributed by atoms with E-state index in [4.69, 9.17) is 13.5 Å². The fourth-order valence-corrected chi connectivity index (χ4v) is 34.9. The van der Waals surface area contributed by atoms with Crippen LogP contribution in [-0.4, -0.2) is 27.4 Å². The van der Waals surface area contributed by atoms with Gasteiger partial charge in [0.1, 0.15) is 21.6 Å². The number of para-hydroxylation sites is 12. The van der Waals surface area contributed by atoms with Crippen LogP contribution in [0, 0.1) is 0 Å². The van der Waals surface area contributed by atoms with Crippen molar-refractivity contribution in [2.45, 2.75) is 0 Å². The first kappa shape index (κ1) is 68.7. The van der Waals surface area contributed by atoms with Crippen LogP contribution in [0.2, 0.25) is 0 Å². The van der Waals surface area contributed by atoms with Crippen LogP contribution in [0.4, 0.5) is 0 Å². The molecule has 0 unspecified atom stereocenters. The highest BCUT2D eigenvalue weighted by Gasteiger charge is 2.43. The van der Waals surface area contributed by atoms with E-state index < -0.39 is 21.6 Å². The Labute approximate surface area is 691 Å². The van der Waals surface area contributed by atoms with Gasteiger partial charge >= 0.3 is 0 Å². The van der Waals surface area contributed by atoms with Gasteiger partial charge in [0, 0.05) is 131 Å². The molecule has 0 fully saturated rings. The summed E-state index contributed by atoms with van der Waals surface area (Å²) in [5.41, 5.74) is 19.9. The Morgan fingerprint density at radius 1 is 0.117 bits per heavy atom. The average molecular weight is 1590 g/mol. The molecule has 120 heavy (non-hydrogen) atoms. The fourth-order valence-electron chi connectivity index (χ4n) is 19.7. The summed E-state index contributed by atoms with van der Waals surface area (Å²) in [4.78, 5) is 0. The van der Waals surface area contributed by atoms with E-state index in [0.717, 1.165) is 132 Å². The highest BCUT2D eigenvalue weighted by atomic mass is 31.3. The second-order valence-electron chi connectivity index (χ2n) is 31.4. The second kappa shape index (κ2) is 26.7. The van der Waals surface area contributed by atoms with E-state index in [1.54, 1.807) is 0 Å². The van der Waals surface area contributed by atoms with E-state index in [1.807, 2.05) is 0 Å². The number of fused-ring (bicyclic) bond motifs is 18. The van der Waals surface area contributed by atoms with Crippen molar-refractivity contribution >= 4 is 184 Å². The first-order chi connectivity index (χ1) is 59.4. The summed E-state index contributed by atoms with van der Waals surface area (Å²) in [6.45, 7) is 0. The molecular weight excluding hydrogens is 1520 g/mol. The van der Waals surface area contributed by atoms with Crippen molar-refractivity contribution in [1.82, 2.24) is 27.4 Å². The summed E-state index contributed by atoms with van der Waals surface area (Å²) in [7, 11) is -11.0. The van der Waals surface area contributed by atoms with Gasteiger partial charge in [-0.3, -0.25) is 0 Å². The predicted molar refractivity (Wildman–Crippen MR) is 511 cm³/mol. The number of hydrogen-bond acceptors (Lipinski definition) is 3. The third-order valence-corrected chi connectivity index (χ3v) is 37.4. The van der Waals surface area contributed by atoms with Crippen LogP contribution in [0.15, 0.2) is 450 Å². The summed E-state index contributed by atoms with van der Waals surface area (Å²) in [6, 6.07) is 162. The molecule has 0 N–H and O–H groups in total. The maximum atomic E-state index is 7.08. The Morgan fingerprint density at radius 3 is 0.325 bits per heavy atom. The molecule has 12 heteroatoms. The molecular formula is C108H72N9P3. The first-order valence-electron chi connectivity index (χ1n) is 40.9. The van der Waals surface area contributed by atoms with Crippen molar-refractivity contribution in [3.8, 4) is 34.1 Å². The molecule has 0 atom stereocenters. The van der Waals surface area contributed by atoms with Gasteiger partial charge in [-0.2, -0.15) is 0 Å². The minimum atomic E-state index is -3.67. The van der Waals surface area contributed by atoms with Crippen molar-refractivity contribution in [2.75, 3.05) is 0 Å². The molecule has 24 aromatic rings. The zero-order chi connectivity index (χ0) is 78.8. The SMILES string of the molecule is c1ccc2c(c1)c1ccccc1n2-c1ccc(P2(c3ccc(-n4c5ccccc5c5ccccc54)cc3)=NP(c3ccc(-n4c5ccccc5c5ccccc54)cc3)(c3ccc(-n4c5ccccc5c5ccccc54)cc3)=NP(c3ccc(-n4c5ccccc5c5ccccc54)cc3)(c3ccc(-n4c5ccccc5c5ccccc54)cc3)=N2)cc1. The maximum absolute atomic E-state index is 7.08. The van der Waals surface area contributed by atoms with Crippen molar-refractivity contribution in [2.24, 2.45) is 13.5 Å². The third kappa shape index (κ3) is 10.1. The van der Waals surface area contributed by atoms with E-state index in [9.17, 15) is 0 Å². The summed E-state index contributed by atoms with van der Waals surface area (Å²) in [5, 5.41) is 20.6. The van der Waals surface area contributed by atoms with Crippen molar-refractivity contribution in [3.05, 3.63) is 437 Å². The smallest absolute Gasteiger partial charge is 0.138 e. The van der Waals surface area contributed by atoms with Gasteiger partial charge in [-0.15, -0.1) is 0 Å². The van der Waals surface area contributed by atoms with Gasteiger partial charge in [-0.1, -0.05) is 218 Å². The largest absolute Gasteiger partial charge is 0.309 e. The summed E-state index contributed by atoms with van der Waals surface area (Å²) >= 11 is 0. The van der Waals surface area contributed by atoms with Crippen LogP contribution >= 0.6 is 21.6 Å². The number of rotatable bonds is 12. The number of benzene rings is 18. The number of nitrogens with zero attached hydrogens (tertiary/aromatic N) is 9. The molecule has 25 rings (SSSR count). The molecule has 6 aromatic heterocycles. The lowest BCUT2D eigenvalue weighted by molar-refractivity contribution is 1.18. The standard InChI is InChI=1S/C108H72N9P3/c1-13-37-97-85(25-1)86-26-2-14-38-98(86)112(97)73-49-61-79(62-50-73)118(80-63-51-74(52-64-80)113-99-39-15-3-27-87(99)88-28-4-16-40-100(88)113)109-119(81-65-53-75(54-66-81)114-101-41-17-5-29-89(101)90-30-6-18-42-102(90)114,82-67-55-76(56-68-82)115-103-43-19-7-31-91(103)92-32-8-20-44-104(92)115)111-120(110-118,83-69-57-77(58-70-83)116-105-45-21-9-33-93(105)94-34-10-22-46-106(94)116)84-71-59-78(60-72-84)117-107-47-23-11-35-95(107)96-36-12-24-48-108(96)117/h1-72H. The Morgan fingerprint density at radius 2 is 0.217 bits per heavy atom. The van der Waals surface area contributed by atoms with Crippen molar-refractivity contribution in [1.29, 1.82) is 0 Å². The van der Waals surface area contributed by atoms with E-state index in [-0.39, 0.29) is 0 Å². The van der Waals surface area contributed by atoms with E-state index in [2.05, 4.69) is 464 Å². The number of aromatic nitrogens is 6. The molecule has 1 aliphatic rings. The van der Waals surface area contributed by atoms with Gasteiger partial charge in [0.05, 0.1) is 66.2 Å². The highest BCUT2D eigenvalue weighted by molar-refractivity contribution is 8.00. The summed E-state index contributed by atoms with van der Waals surface area (Å²) in [6.07, 6.45) is 0. The van der Waals surface area contributed by atoms with Crippen LogP contribution in [0.3, 0.4) is 0 Å². The van der Waals surface area contributed by atoms with Crippen LogP contribution in [0.1, 0.15) is 0 Å². The van der Waals surface area contributed by atoms with Gasteiger partial charge in [-0.05, 0) is 218 Å². The predicted octanol–water partition coefficient (Wildman–Crippen LogP) is 26.9. The van der Waals surface area contributed by atoms with Crippen LogP contribution < -0.4 is 31.8 Å². The van der Waals surface area contributed by atoms with E-state index in [0.29, 0.717) is 0 Å². The second-order valence-corrected chi connectivity index (χ2v) is 40.2. The molecule has 0 saturated heterocycles.